The van der Waals surface area contributed by atoms with Gasteiger partial charge in [0.2, 0.25) is 5.88 Å². The second-order valence-electron chi connectivity index (χ2n) is 3.35. The molecule has 0 bridgehead atoms. The molecule has 18 heavy (non-hydrogen) atoms. The van der Waals surface area contributed by atoms with Gasteiger partial charge in [-0.2, -0.15) is 0 Å². The average molecular weight is 257 g/mol. The van der Waals surface area contributed by atoms with Gasteiger partial charge < -0.3 is 24.7 Å². The Labute approximate surface area is 106 Å². The maximum atomic E-state index is 5.39. The van der Waals surface area contributed by atoms with Crippen LogP contribution in [0.25, 0.3) is 0 Å². The molecule has 0 aliphatic carbocycles. The van der Waals surface area contributed by atoms with E-state index in [2.05, 4.69) is 9.97 Å². The number of nitrogens with zero attached hydrogens (tertiary/aromatic N) is 2. The summed E-state index contributed by atoms with van der Waals surface area (Å²) in [6.45, 7) is 3.14. The third kappa shape index (κ3) is 7.00. The molecule has 0 saturated heterocycles. The number of anilines is 1. The molecule has 2 N–H and O–H groups in total. The van der Waals surface area contributed by atoms with Crippen LogP contribution in [-0.4, -0.2) is 56.7 Å². The van der Waals surface area contributed by atoms with E-state index in [0.29, 0.717) is 51.3 Å². The van der Waals surface area contributed by atoms with E-state index in [1.807, 2.05) is 0 Å². The van der Waals surface area contributed by atoms with Crippen molar-refractivity contribution >= 4 is 5.82 Å². The van der Waals surface area contributed by atoms with Crippen LogP contribution in [0, 0.1) is 0 Å². The molecule has 0 unspecified atom stereocenters. The standard InChI is InChI=1S/C11H19N3O4/c1-15-2-3-16-4-5-17-6-7-18-11-9-13-10(12)8-14-11/h8-9H,2-7H2,1H3,(H2,12,13). The van der Waals surface area contributed by atoms with Gasteiger partial charge in [0.05, 0.1) is 45.4 Å². The lowest BCUT2D eigenvalue weighted by molar-refractivity contribution is 0.0176. The number of aromatic nitrogens is 2. The molecule has 102 valence electrons. The predicted molar refractivity (Wildman–Crippen MR) is 65.5 cm³/mol. The highest BCUT2D eigenvalue weighted by molar-refractivity contribution is 5.24. The fraction of sp³-hybridized carbons (Fsp3) is 0.636. The monoisotopic (exact) mass is 257 g/mol. The zero-order valence-electron chi connectivity index (χ0n) is 10.5. The molecule has 1 aromatic heterocycles. The van der Waals surface area contributed by atoms with Crippen molar-refractivity contribution in [3.63, 3.8) is 0 Å². The molecular formula is C11H19N3O4. The minimum absolute atomic E-state index is 0.367. The van der Waals surface area contributed by atoms with E-state index < -0.39 is 0 Å². The fourth-order valence-electron chi connectivity index (χ4n) is 1.07. The van der Waals surface area contributed by atoms with Gasteiger partial charge in [-0.1, -0.05) is 0 Å². The van der Waals surface area contributed by atoms with Crippen LogP contribution in [0.1, 0.15) is 0 Å². The fourth-order valence-corrected chi connectivity index (χ4v) is 1.07. The van der Waals surface area contributed by atoms with Gasteiger partial charge in [0.15, 0.2) is 0 Å². The van der Waals surface area contributed by atoms with Gasteiger partial charge in [-0.3, -0.25) is 0 Å². The number of nitrogens with two attached hydrogens (primary N) is 1. The quantitative estimate of drug-likeness (QED) is 0.595. The minimum atomic E-state index is 0.367. The highest BCUT2D eigenvalue weighted by atomic mass is 16.6. The summed E-state index contributed by atoms with van der Waals surface area (Å²) in [5.41, 5.74) is 5.39. The summed E-state index contributed by atoms with van der Waals surface area (Å²) >= 11 is 0. The first-order chi connectivity index (χ1) is 8.83. The van der Waals surface area contributed by atoms with Crippen molar-refractivity contribution < 1.29 is 18.9 Å². The van der Waals surface area contributed by atoms with Crippen molar-refractivity contribution in [1.82, 2.24) is 9.97 Å². The lowest BCUT2D eigenvalue weighted by Gasteiger charge is -2.06. The molecule has 1 rings (SSSR count). The van der Waals surface area contributed by atoms with Crippen LogP contribution in [0.4, 0.5) is 5.82 Å². The third-order valence-electron chi connectivity index (χ3n) is 1.93. The first-order valence-corrected chi connectivity index (χ1v) is 5.67. The summed E-state index contributed by atoms with van der Waals surface area (Å²) in [6.07, 6.45) is 2.92. The summed E-state index contributed by atoms with van der Waals surface area (Å²) in [6, 6.07) is 0. The summed E-state index contributed by atoms with van der Waals surface area (Å²) in [5, 5.41) is 0. The Bertz CT molecular complexity index is 308. The third-order valence-corrected chi connectivity index (χ3v) is 1.93. The zero-order chi connectivity index (χ0) is 13.1. The topological polar surface area (TPSA) is 88.7 Å². The maximum absolute atomic E-state index is 5.39. The molecule has 1 heterocycles. The molecule has 7 heteroatoms. The van der Waals surface area contributed by atoms with Gasteiger partial charge in [-0.15, -0.1) is 0 Å². The number of nitrogen functional groups attached to an aromatic ring is 1. The Balaban J connectivity index is 1.91. The van der Waals surface area contributed by atoms with Gasteiger partial charge in [-0.25, -0.2) is 9.97 Å². The lowest BCUT2D eigenvalue weighted by Crippen LogP contribution is -2.12. The van der Waals surface area contributed by atoms with Crippen LogP contribution in [-0.2, 0) is 14.2 Å². The molecule has 0 spiro atoms. The van der Waals surface area contributed by atoms with E-state index in [-0.39, 0.29) is 0 Å². The van der Waals surface area contributed by atoms with Gasteiger partial charge in [0.25, 0.3) is 0 Å². The largest absolute Gasteiger partial charge is 0.474 e. The molecule has 0 radical (unpaired) electrons. The second-order valence-corrected chi connectivity index (χ2v) is 3.35. The summed E-state index contributed by atoms with van der Waals surface area (Å²) in [5.74, 6) is 0.802. The highest BCUT2D eigenvalue weighted by Crippen LogP contribution is 2.03. The molecule has 0 amide bonds. The maximum Gasteiger partial charge on any atom is 0.232 e. The summed E-state index contributed by atoms with van der Waals surface area (Å²) < 4.78 is 20.6. The SMILES string of the molecule is COCCOCCOCCOc1cnc(N)cn1. The number of ether oxygens (including phenoxy) is 4. The zero-order valence-corrected chi connectivity index (χ0v) is 10.5. The van der Waals surface area contributed by atoms with Gasteiger partial charge >= 0.3 is 0 Å². The normalized spacial score (nSPS) is 10.5. The summed E-state index contributed by atoms with van der Waals surface area (Å²) in [4.78, 5) is 7.80. The molecule has 0 aliphatic heterocycles. The van der Waals surface area contributed by atoms with E-state index >= 15 is 0 Å². The van der Waals surface area contributed by atoms with Crippen molar-refractivity contribution in [2.75, 3.05) is 52.5 Å². The number of hydrogen-bond acceptors (Lipinski definition) is 7. The lowest BCUT2D eigenvalue weighted by atomic mass is 10.6. The van der Waals surface area contributed by atoms with Crippen LogP contribution < -0.4 is 10.5 Å². The number of rotatable bonds is 10. The van der Waals surface area contributed by atoms with Crippen LogP contribution >= 0.6 is 0 Å². The molecule has 0 aromatic carbocycles. The molecule has 0 aliphatic rings. The molecule has 7 nitrogen and oxygen atoms in total. The van der Waals surface area contributed by atoms with E-state index in [9.17, 15) is 0 Å². The number of hydrogen-bond donors (Lipinski definition) is 1. The van der Waals surface area contributed by atoms with Crippen LogP contribution in [0.5, 0.6) is 5.88 Å². The van der Waals surface area contributed by atoms with Gasteiger partial charge in [0, 0.05) is 7.11 Å². The summed E-state index contributed by atoms with van der Waals surface area (Å²) in [7, 11) is 1.64. The Kier molecular flexibility index (Phi) is 7.78. The molecule has 0 fully saturated rings. The van der Waals surface area contributed by atoms with Gasteiger partial charge in [0.1, 0.15) is 12.4 Å². The second kappa shape index (κ2) is 9.58. The highest BCUT2D eigenvalue weighted by Gasteiger charge is 1.96. The molecule has 0 atom stereocenters. The smallest absolute Gasteiger partial charge is 0.232 e. The molecular weight excluding hydrogens is 238 g/mol. The van der Waals surface area contributed by atoms with Gasteiger partial charge in [-0.05, 0) is 0 Å². The molecule has 1 aromatic rings. The Morgan fingerprint density at radius 1 is 0.944 bits per heavy atom. The van der Waals surface area contributed by atoms with Crippen molar-refractivity contribution in [1.29, 1.82) is 0 Å². The predicted octanol–water partition coefficient (Wildman–Crippen LogP) is 0.117. The minimum Gasteiger partial charge on any atom is -0.474 e. The first kappa shape index (κ1) is 14.6. The van der Waals surface area contributed by atoms with Crippen molar-refractivity contribution in [3.8, 4) is 5.88 Å². The van der Waals surface area contributed by atoms with Crippen LogP contribution in [0.2, 0.25) is 0 Å². The van der Waals surface area contributed by atoms with E-state index in [1.165, 1.54) is 12.4 Å². The Hall–Kier alpha value is -1.44. The van der Waals surface area contributed by atoms with E-state index in [0.717, 1.165) is 0 Å². The number of methoxy groups -OCH3 is 1. The van der Waals surface area contributed by atoms with E-state index in [4.69, 9.17) is 24.7 Å². The molecule has 0 saturated carbocycles. The Morgan fingerprint density at radius 3 is 2.22 bits per heavy atom. The Morgan fingerprint density at radius 2 is 1.61 bits per heavy atom. The first-order valence-electron chi connectivity index (χ1n) is 5.67. The van der Waals surface area contributed by atoms with Crippen molar-refractivity contribution in [2.24, 2.45) is 0 Å². The van der Waals surface area contributed by atoms with Crippen molar-refractivity contribution in [2.45, 2.75) is 0 Å². The average Bonchev–Trinajstić information content (AvgIpc) is 2.39. The van der Waals surface area contributed by atoms with Crippen LogP contribution in [0.3, 0.4) is 0 Å². The van der Waals surface area contributed by atoms with E-state index in [1.54, 1.807) is 7.11 Å². The van der Waals surface area contributed by atoms with Crippen molar-refractivity contribution in [3.05, 3.63) is 12.4 Å². The van der Waals surface area contributed by atoms with Crippen LogP contribution in [0.15, 0.2) is 12.4 Å².